The van der Waals surface area contributed by atoms with Gasteiger partial charge >= 0.3 is 0 Å². The number of hydrogen-bond donors (Lipinski definition) is 0. The van der Waals surface area contributed by atoms with Gasteiger partial charge in [-0.1, -0.05) is 42.8 Å². The molecule has 3 heterocycles. The van der Waals surface area contributed by atoms with E-state index in [-0.39, 0.29) is 5.91 Å². The summed E-state index contributed by atoms with van der Waals surface area (Å²) in [6, 6.07) is 10.1. The van der Waals surface area contributed by atoms with Crippen molar-refractivity contribution in [3.8, 4) is 0 Å². The van der Waals surface area contributed by atoms with Crippen LogP contribution in [-0.4, -0.2) is 33.4 Å². The number of para-hydroxylation sites is 1. The van der Waals surface area contributed by atoms with E-state index in [4.69, 9.17) is 4.42 Å². The first-order valence-electron chi connectivity index (χ1n) is 10.5. The van der Waals surface area contributed by atoms with Crippen molar-refractivity contribution in [2.75, 3.05) is 6.54 Å². The van der Waals surface area contributed by atoms with Crippen LogP contribution in [0.1, 0.15) is 54.6 Å². The molecule has 2 aliphatic rings. The van der Waals surface area contributed by atoms with Gasteiger partial charge in [0.15, 0.2) is 10.9 Å². The molecular formula is C23H25N3O2S. The lowest BCUT2D eigenvalue weighted by Crippen LogP contribution is -2.39. The Balaban J connectivity index is 1.46. The van der Waals surface area contributed by atoms with Gasteiger partial charge in [0.1, 0.15) is 5.58 Å². The van der Waals surface area contributed by atoms with Gasteiger partial charge in [0, 0.05) is 41.7 Å². The minimum Gasteiger partial charge on any atom is -0.451 e. The fourth-order valence-corrected chi connectivity index (χ4v) is 5.75. The fourth-order valence-electron chi connectivity index (χ4n) is 4.92. The second-order valence-corrected chi connectivity index (χ2v) is 8.92. The molecule has 150 valence electrons. The maximum atomic E-state index is 13.6. The van der Waals surface area contributed by atoms with E-state index in [1.807, 2.05) is 30.3 Å². The summed E-state index contributed by atoms with van der Waals surface area (Å²) in [5.41, 5.74) is 1.73. The molecule has 0 radical (unpaired) electrons. The summed E-state index contributed by atoms with van der Waals surface area (Å²) in [7, 11) is 0. The molecule has 29 heavy (non-hydrogen) atoms. The molecule has 0 N–H and O–H groups in total. The molecule has 1 saturated carbocycles. The van der Waals surface area contributed by atoms with Crippen LogP contribution < -0.4 is 0 Å². The standard InChI is InChI=1S/C23H25N3O2S/c27-22(26-14-5-10-19(26)16-7-1-2-8-16)21-18(15-29-23-24-12-6-13-25-23)17-9-3-4-11-20(17)28-21/h3-4,6,9,11-13,16,19H,1-2,5,7-8,10,14-15H2. The summed E-state index contributed by atoms with van der Waals surface area (Å²) in [4.78, 5) is 24.3. The lowest BCUT2D eigenvalue weighted by Gasteiger charge is -2.29. The van der Waals surface area contributed by atoms with Gasteiger partial charge in [0.05, 0.1) is 0 Å². The summed E-state index contributed by atoms with van der Waals surface area (Å²) in [6.45, 7) is 0.839. The number of carbonyl (C=O) groups is 1. The number of rotatable bonds is 5. The largest absolute Gasteiger partial charge is 0.451 e. The highest BCUT2D eigenvalue weighted by molar-refractivity contribution is 7.98. The minimum atomic E-state index is 0.0557. The van der Waals surface area contributed by atoms with Crippen molar-refractivity contribution in [3.63, 3.8) is 0 Å². The Bertz CT molecular complexity index is 998. The molecule has 5 rings (SSSR count). The number of carbonyl (C=O) groups excluding carboxylic acids is 1. The van der Waals surface area contributed by atoms with Crippen molar-refractivity contribution in [1.82, 2.24) is 14.9 Å². The summed E-state index contributed by atoms with van der Waals surface area (Å²) >= 11 is 1.54. The molecule has 1 amide bonds. The second kappa shape index (κ2) is 8.19. The van der Waals surface area contributed by atoms with Gasteiger partial charge in [-0.05, 0) is 43.7 Å². The molecule has 3 aromatic rings. The van der Waals surface area contributed by atoms with Crippen molar-refractivity contribution in [2.45, 2.75) is 55.5 Å². The number of amides is 1. The highest BCUT2D eigenvalue weighted by Crippen LogP contribution is 2.38. The first kappa shape index (κ1) is 18.7. The summed E-state index contributed by atoms with van der Waals surface area (Å²) in [6.07, 6.45) is 10.8. The third kappa shape index (κ3) is 3.66. The van der Waals surface area contributed by atoms with Gasteiger partial charge in [-0.15, -0.1) is 0 Å². The quantitative estimate of drug-likeness (QED) is 0.424. The Labute approximate surface area is 174 Å². The van der Waals surface area contributed by atoms with E-state index >= 15 is 0 Å². The molecule has 5 nitrogen and oxygen atoms in total. The monoisotopic (exact) mass is 407 g/mol. The zero-order valence-corrected chi connectivity index (χ0v) is 17.2. The number of likely N-dealkylation sites (tertiary alicyclic amines) is 1. The molecule has 0 bridgehead atoms. The van der Waals surface area contributed by atoms with Crippen LogP contribution in [0.2, 0.25) is 0 Å². The van der Waals surface area contributed by atoms with Gasteiger partial charge in [0.25, 0.3) is 5.91 Å². The third-order valence-corrected chi connectivity index (χ3v) is 7.19. The lowest BCUT2D eigenvalue weighted by atomic mass is 9.96. The van der Waals surface area contributed by atoms with Gasteiger partial charge in [-0.2, -0.15) is 0 Å². The Morgan fingerprint density at radius 1 is 1.07 bits per heavy atom. The average Bonchev–Trinajstić information content (AvgIpc) is 3.51. The van der Waals surface area contributed by atoms with Gasteiger partial charge in [-0.25, -0.2) is 9.97 Å². The molecule has 6 heteroatoms. The number of nitrogens with zero attached hydrogens (tertiary/aromatic N) is 3. The van der Waals surface area contributed by atoms with E-state index in [1.165, 1.54) is 25.7 Å². The minimum absolute atomic E-state index is 0.0557. The fraction of sp³-hybridized carbons (Fsp3) is 0.435. The van der Waals surface area contributed by atoms with Crippen LogP contribution in [0.25, 0.3) is 11.0 Å². The summed E-state index contributed by atoms with van der Waals surface area (Å²) in [5, 5.41) is 1.72. The number of aromatic nitrogens is 2. The Hall–Kier alpha value is -2.34. The van der Waals surface area contributed by atoms with Crippen molar-refractivity contribution in [3.05, 3.63) is 54.0 Å². The molecule has 1 atom stereocenters. The smallest absolute Gasteiger partial charge is 0.290 e. The van der Waals surface area contributed by atoms with Gasteiger partial charge in [-0.3, -0.25) is 4.79 Å². The van der Waals surface area contributed by atoms with Crippen LogP contribution in [0.4, 0.5) is 0 Å². The van der Waals surface area contributed by atoms with Crippen LogP contribution in [0.3, 0.4) is 0 Å². The normalized spacial score (nSPS) is 20.0. The molecule has 2 fully saturated rings. The van der Waals surface area contributed by atoms with Gasteiger partial charge < -0.3 is 9.32 Å². The van der Waals surface area contributed by atoms with Crippen LogP contribution in [0.5, 0.6) is 0 Å². The van der Waals surface area contributed by atoms with E-state index in [9.17, 15) is 4.79 Å². The highest BCUT2D eigenvalue weighted by atomic mass is 32.2. The molecule has 1 aliphatic heterocycles. The van der Waals surface area contributed by atoms with Crippen molar-refractivity contribution in [1.29, 1.82) is 0 Å². The van der Waals surface area contributed by atoms with E-state index in [2.05, 4.69) is 14.9 Å². The third-order valence-electron chi connectivity index (χ3n) is 6.28. The lowest BCUT2D eigenvalue weighted by molar-refractivity contribution is 0.0658. The topological polar surface area (TPSA) is 59.2 Å². The Kier molecular flexibility index (Phi) is 5.27. The highest BCUT2D eigenvalue weighted by Gasteiger charge is 2.38. The molecular weight excluding hydrogens is 382 g/mol. The number of hydrogen-bond acceptors (Lipinski definition) is 5. The number of benzene rings is 1. The van der Waals surface area contributed by atoms with Crippen LogP contribution in [-0.2, 0) is 5.75 Å². The van der Waals surface area contributed by atoms with Crippen LogP contribution in [0, 0.1) is 5.92 Å². The molecule has 1 unspecified atom stereocenters. The van der Waals surface area contributed by atoms with Crippen LogP contribution >= 0.6 is 11.8 Å². The number of furan rings is 1. The van der Waals surface area contributed by atoms with E-state index in [1.54, 1.807) is 24.2 Å². The first-order valence-corrected chi connectivity index (χ1v) is 11.5. The molecule has 1 aliphatic carbocycles. The van der Waals surface area contributed by atoms with Gasteiger partial charge in [0.2, 0.25) is 0 Å². The maximum Gasteiger partial charge on any atom is 0.290 e. The zero-order valence-electron chi connectivity index (χ0n) is 16.4. The molecule has 0 spiro atoms. The Morgan fingerprint density at radius 2 is 1.86 bits per heavy atom. The van der Waals surface area contributed by atoms with Crippen molar-refractivity contribution < 1.29 is 9.21 Å². The predicted octanol–water partition coefficient (Wildman–Crippen LogP) is 5.31. The molecule has 1 aromatic carbocycles. The van der Waals surface area contributed by atoms with E-state index < -0.39 is 0 Å². The predicted molar refractivity (Wildman–Crippen MR) is 114 cm³/mol. The number of fused-ring (bicyclic) bond motifs is 1. The second-order valence-electron chi connectivity index (χ2n) is 7.98. The van der Waals surface area contributed by atoms with Crippen molar-refractivity contribution >= 4 is 28.6 Å². The Morgan fingerprint density at radius 3 is 2.69 bits per heavy atom. The van der Waals surface area contributed by atoms with E-state index in [0.29, 0.717) is 28.6 Å². The summed E-state index contributed by atoms with van der Waals surface area (Å²) in [5.74, 6) is 1.82. The summed E-state index contributed by atoms with van der Waals surface area (Å²) < 4.78 is 6.13. The molecule has 1 saturated heterocycles. The zero-order chi connectivity index (χ0) is 19.6. The van der Waals surface area contributed by atoms with Crippen LogP contribution in [0.15, 0.2) is 52.3 Å². The van der Waals surface area contributed by atoms with E-state index in [0.717, 1.165) is 35.9 Å². The molecule has 2 aromatic heterocycles. The first-order chi connectivity index (χ1) is 14.3. The SMILES string of the molecule is O=C(c1oc2ccccc2c1CSc1ncccn1)N1CCCC1C1CCCC1. The number of thioether (sulfide) groups is 1. The maximum absolute atomic E-state index is 13.6. The van der Waals surface area contributed by atoms with Crippen molar-refractivity contribution in [2.24, 2.45) is 5.92 Å². The average molecular weight is 408 g/mol.